The van der Waals surface area contributed by atoms with Gasteiger partial charge in [-0.2, -0.15) is 10.4 Å². The van der Waals surface area contributed by atoms with E-state index in [4.69, 9.17) is 9.72 Å². The van der Waals surface area contributed by atoms with E-state index in [1.54, 1.807) is 36.8 Å². The predicted octanol–water partition coefficient (Wildman–Crippen LogP) is 4.20. The molecule has 0 amide bonds. The molecule has 4 aromatic rings. The largest absolute Gasteiger partial charge is 0.489 e. The second kappa shape index (κ2) is 9.50. The third-order valence-electron chi connectivity index (χ3n) is 7.50. The van der Waals surface area contributed by atoms with Crippen molar-refractivity contribution in [1.29, 1.82) is 5.26 Å². The summed E-state index contributed by atoms with van der Waals surface area (Å²) in [5.41, 5.74) is 2.53. The molecule has 200 valence electrons. The Morgan fingerprint density at radius 3 is 2.69 bits per heavy atom. The molecule has 1 aliphatic carbocycles. The molecule has 7 rings (SSSR count). The van der Waals surface area contributed by atoms with Crippen LogP contribution in [0, 0.1) is 35.9 Å². The van der Waals surface area contributed by atoms with Crippen LogP contribution in [0.4, 0.5) is 16.0 Å². The monoisotopic (exact) mass is 527 g/mol. The smallest absolute Gasteiger partial charge is 0.165 e. The molecule has 6 heterocycles. The molecule has 10 heteroatoms. The van der Waals surface area contributed by atoms with E-state index >= 15 is 0 Å². The average molecular weight is 528 g/mol. The van der Waals surface area contributed by atoms with Crippen LogP contribution in [0.3, 0.4) is 0 Å². The first kappa shape index (κ1) is 25.1. The summed E-state index contributed by atoms with van der Waals surface area (Å²) in [4.78, 5) is 11.4. The Bertz CT molecular complexity index is 1560. The zero-order valence-corrected chi connectivity index (χ0v) is 22.1. The van der Waals surface area contributed by atoms with Crippen LogP contribution in [-0.2, 0) is 0 Å². The molecule has 9 nitrogen and oxygen atoms in total. The van der Waals surface area contributed by atoms with Gasteiger partial charge in [0.2, 0.25) is 0 Å². The fourth-order valence-electron chi connectivity index (χ4n) is 5.58. The number of fused-ring (bicyclic) bond motifs is 3. The van der Waals surface area contributed by atoms with Gasteiger partial charge >= 0.3 is 0 Å². The molecule has 2 bridgehead atoms. The summed E-state index contributed by atoms with van der Waals surface area (Å²) in [5.74, 6) is 2.21. The van der Waals surface area contributed by atoms with Gasteiger partial charge in [-0.05, 0) is 69.4 Å². The number of nitrogens with zero attached hydrogens (tertiary/aromatic N) is 6. The molecule has 0 radical (unpaired) electrons. The maximum Gasteiger partial charge on any atom is 0.165 e. The number of pyridine rings is 3. The molecule has 2 N–H and O–H groups in total. The highest BCUT2D eigenvalue weighted by Crippen LogP contribution is 2.43. The summed E-state index contributed by atoms with van der Waals surface area (Å²) in [7, 11) is 0. The quantitative estimate of drug-likeness (QED) is 0.368. The minimum Gasteiger partial charge on any atom is -0.489 e. The Kier molecular flexibility index (Phi) is 6.11. The number of nitriles is 1. The third kappa shape index (κ3) is 4.86. The van der Waals surface area contributed by atoms with E-state index in [0.29, 0.717) is 34.5 Å². The fraction of sp³-hybridized carbons (Fsp3) is 0.379. The van der Waals surface area contributed by atoms with Crippen molar-refractivity contribution in [3.05, 3.63) is 66.0 Å². The lowest BCUT2D eigenvalue weighted by molar-refractivity contribution is 0.0283. The van der Waals surface area contributed by atoms with Crippen molar-refractivity contribution in [3.63, 3.8) is 0 Å². The minimum absolute atomic E-state index is 0.112. The molecule has 3 fully saturated rings. The molecular formula is C29H30FN7O2. The molecule has 0 aromatic carbocycles. The van der Waals surface area contributed by atoms with Crippen molar-refractivity contribution in [2.75, 3.05) is 29.9 Å². The van der Waals surface area contributed by atoms with Gasteiger partial charge in [0.25, 0.3) is 0 Å². The van der Waals surface area contributed by atoms with Crippen molar-refractivity contribution in [2.45, 2.75) is 38.8 Å². The highest BCUT2D eigenvalue weighted by atomic mass is 19.1. The molecule has 1 unspecified atom stereocenters. The lowest BCUT2D eigenvalue weighted by Gasteiger charge is -2.54. The van der Waals surface area contributed by atoms with Crippen molar-refractivity contribution >= 4 is 17.2 Å². The van der Waals surface area contributed by atoms with Gasteiger partial charge in [-0.3, -0.25) is 0 Å². The molecule has 2 aliphatic heterocycles. The van der Waals surface area contributed by atoms with Crippen LogP contribution in [0.1, 0.15) is 31.5 Å². The Morgan fingerprint density at radius 2 is 2.00 bits per heavy atom. The lowest BCUT2D eigenvalue weighted by atomic mass is 9.66. The van der Waals surface area contributed by atoms with Gasteiger partial charge in [-0.25, -0.2) is 18.9 Å². The Balaban J connectivity index is 1.21. The number of hydrogen-bond donors (Lipinski definition) is 2. The van der Waals surface area contributed by atoms with E-state index in [-0.39, 0.29) is 18.5 Å². The van der Waals surface area contributed by atoms with Crippen LogP contribution in [0.5, 0.6) is 5.75 Å². The van der Waals surface area contributed by atoms with Crippen LogP contribution >= 0.6 is 0 Å². The standard InChI is InChI=1S/C29H30FN7O2/c1-17-4-6-24(30)28(34-17)35-26-19-8-20(26)14-36(13-19)25-7-5-18(11-32-25)23-9-22(39-16-29(2,3)38)15-37-27(23)21(10-31)12-33-37/h4-7,9,11-12,15,19-20,26,38H,8,13-14,16H2,1-3H3,(H,34,35)/t19-,20+,26?. The van der Waals surface area contributed by atoms with Gasteiger partial charge in [-0.15, -0.1) is 0 Å². The number of aromatic nitrogens is 4. The summed E-state index contributed by atoms with van der Waals surface area (Å²) >= 11 is 0. The number of piperidine rings is 2. The molecule has 4 aromatic heterocycles. The lowest BCUT2D eigenvalue weighted by Crippen LogP contribution is -2.61. The molecule has 3 atom stereocenters. The van der Waals surface area contributed by atoms with E-state index in [1.165, 1.54) is 12.3 Å². The van der Waals surface area contributed by atoms with Crippen LogP contribution in [0.2, 0.25) is 0 Å². The number of rotatable bonds is 7. The average Bonchev–Trinajstić information content (AvgIpc) is 3.35. The first-order valence-corrected chi connectivity index (χ1v) is 13.1. The minimum atomic E-state index is -0.991. The summed E-state index contributed by atoms with van der Waals surface area (Å²) in [6.07, 6.45) is 6.15. The molecule has 39 heavy (non-hydrogen) atoms. The van der Waals surface area contributed by atoms with Gasteiger partial charge in [0.1, 0.15) is 24.2 Å². The summed E-state index contributed by atoms with van der Waals surface area (Å²) < 4.78 is 21.7. The number of aryl methyl sites for hydroxylation is 1. The second-order valence-corrected chi connectivity index (χ2v) is 11.2. The van der Waals surface area contributed by atoms with Crippen molar-refractivity contribution in [1.82, 2.24) is 19.6 Å². The van der Waals surface area contributed by atoms with E-state index in [1.807, 2.05) is 25.1 Å². The Labute approximate surface area is 225 Å². The Hall–Kier alpha value is -4.23. The summed E-state index contributed by atoms with van der Waals surface area (Å²) in [6, 6.07) is 11.4. The zero-order chi connectivity index (χ0) is 27.3. The predicted molar refractivity (Wildman–Crippen MR) is 145 cm³/mol. The maximum atomic E-state index is 14.2. The fourth-order valence-corrected chi connectivity index (χ4v) is 5.58. The maximum absolute atomic E-state index is 14.2. The van der Waals surface area contributed by atoms with Crippen molar-refractivity contribution < 1.29 is 14.2 Å². The number of halogens is 1. The topological polar surface area (TPSA) is 112 Å². The first-order chi connectivity index (χ1) is 18.7. The molecular weight excluding hydrogens is 497 g/mol. The molecule has 3 aliphatic rings. The molecule has 1 saturated carbocycles. The second-order valence-electron chi connectivity index (χ2n) is 11.2. The van der Waals surface area contributed by atoms with E-state index in [9.17, 15) is 14.8 Å². The van der Waals surface area contributed by atoms with Gasteiger partial charge in [-0.1, -0.05) is 0 Å². The highest BCUT2D eigenvalue weighted by Gasteiger charge is 2.47. The van der Waals surface area contributed by atoms with E-state index in [2.05, 4.69) is 26.4 Å². The zero-order valence-electron chi connectivity index (χ0n) is 22.1. The number of aliphatic hydroxyl groups is 1. The summed E-state index contributed by atoms with van der Waals surface area (Å²) in [6.45, 7) is 7.00. The van der Waals surface area contributed by atoms with Crippen LogP contribution in [0.15, 0.2) is 48.9 Å². The SMILES string of the molecule is Cc1ccc(F)c(NC2[C@@H]3C[C@H]2CN(c2ccc(-c4cc(OCC(C)(C)O)cn5ncc(C#N)c45)cn2)C3)n1. The number of hydrogen-bond acceptors (Lipinski definition) is 8. The van der Waals surface area contributed by atoms with Crippen LogP contribution in [-0.4, -0.2) is 56.0 Å². The van der Waals surface area contributed by atoms with E-state index < -0.39 is 5.60 Å². The number of anilines is 2. The number of ether oxygens (including phenoxy) is 1. The van der Waals surface area contributed by atoms with Crippen molar-refractivity contribution in [2.24, 2.45) is 11.8 Å². The van der Waals surface area contributed by atoms with Gasteiger partial charge in [0.15, 0.2) is 11.6 Å². The normalized spacial score (nSPS) is 20.4. The van der Waals surface area contributed by atoms with Gasteiger partial charge in [0, 0.05) is 42.1 Å². The number of nitrogens with one attached hydrogen (secondary N) is 1. The van der Waals surface area contributed by atoms with Crippen molar-refractivity contribution in [3.8, 4) is 22.9 Å². The van der Waals surface area contributed by atoms with Crippen LogP contribution in [0.25, 0.3) is 16.6 Å². The molecule has 2 saturated heterocycles. The van der Waals surface area contributed by atoms with Gasteiger partial charge < -0.3 is 20.1 Å². The highest BCUT2D eigenvalue weighted by molar-refractivity contribution is 5.85. The Morgan fingerprint density at radius 1 is 1.21 bits per heavy atom. The molecule has 0 spiro atoms. The van der Waals surface area contributed by atoms with Crippen LogP contribution < -0.4 is 15.0 Å². The third-order valence-corrected chi connectivity index (χ3v) is 7.50. The van der Waals surface area contributed by atoms with Gasteiger partial charge in [0.05, 0.1) is 29.1 Å². The first-order valence-electron chi connectivity index (χ1n) is 13.1. The van der Waals surface area contributed by atoms with E-state index in [0.717, 1.165) is 42.1 Å². The summed E-state index contributed by atoms with van der Waals surface area (Å²) in [5, 5.41) is 27.4.